The molecule has 0 unspecified atom stereocenters. The Morgan fingerprint density at radius 2 is 2.09 bits per heavy atom. The van der Waals surface area contributed by atoms with Gasteiger partial charge in [-0.15, -0.1) is 0 Å². The van der Waals surface area contributed by atoms with Crippen molar-refractivity contribution < 1.29 is 4.79 Å². The van der Waals surface area contributed by atoms with Crippen molar-refractivity contribution >= 4 is 23.2 Å². The predicted octanol–water partition coefficient (Wildman–Crippen LogP) is 4.49. The molecule has 1 amide bonds. The maximum atomic E-state index is 12.7. The number of carbonyl (C=O) groups excluding carboxylic acids is 1. The van der Waals surface area contributed by atoms with E-state index >= 15 is 0 Å². The number of nitrogens with one attached hydrogen (secondary N) is 1. The van der Waals surface area contributed by atoms with Gasteiger partial charge in [0.1, 0.15) is 0 Å². The second-order valence-corrected chi connectivity index (χ2v) is 8.91. The van der Waals surface area contributed by atoms with Crippen molar-refractivity contribution in [3.63, 3.8) is 0 Å². The van der Waals surface area contributed by atoms with E-state index < -0.39 is 0 Å². The fraction of sp³-hybridized carbons (Fsp3) is 0.632. The third-order valence-corrected chi connectivity index (χ3v) is 5.84. The molecule has 23 heavy (non-hydrogen) atoms. The van der Waals surface area contributed by atoms with Crippen LogP contribution in [0.1, 0.15) is 45.6 Å². The van der Waals surface area contributed by atoms with Crippen molar-refractivity contribution in [1.29, 1.82) is 0 Å². The first kappa shape index (κ1) is 16.6. The minimum absolute atomic E-state index is 0.204. The van der Waals surface area contributed by atoms with Crippen molar-refractivity contribution in [1.82, 2.24) is 4.90 Å². The van der Waals surface area contributed by atoms with Crippen LogP contribution >= 0.6 is 11.6 Å². The van der Waals surface area contributed by atoms with Gasteiger partial charge in [0.2, 0.25) is 5.91 Å². The zero-order valence-electron chi connectivity index (χ0n) is 14.6. The number of anilines is 1. The van der Waals surface area contributed by atoms with E-state index in [0.717, 1.165) is 35.7 Å². The summed E-state index contributed by atoms with van der Waals surface area (Å²) >= 11 is 6.14. The first-order valence-corrected chi connectivity index (χ1v) is 8.85. The van der Waals surface area contributed by atoms with Gasteiger partial charge in [0, 0.05) is 23.3 Å². The maximum Gasteiger partial charge on any atom is 0.242 e. The van der Waals surface area contributed by atoms with Crippen LogP contribution in [0, 0.1) is 17.8 Å². The molecule has 0 radical (unpaired) electrons. The lowest BCUT2D eigenvalue weighted by molar-refractivity contribution is -0.130. The van der Waals surface area contributed by atoms with Crippen LogP contribution in [-0.4, -0.2) is 29.9 Å². The summed E-state index contributed by atoms with van der Waals surface area (Å²) in [6, 6.07) is 6.16. The Morgan fingerprint density at radius 3 is 2.83 bits per heavy atom. The fourth-order valence-electron chi connectivity index (χ4n) is 4.82. The molecule has 1 aromatic rings. The summed E-state index contributed by atoms with van der Waals surface area (Å²) in [6.45, 7) is 10.2. The molecule has 2 bridgehead atoms. The number of hydrogen-bond acceptors (Lipinski definition) is 2. The second kappa shape index (κ2) is 5.70. The monoisotopic (exact) mass is 334 g/mol. The molecule has 126 valence electrons. The van der Waals surface area contributed by atoms with Crippen molar-refractivity contribution in [2.75, 3.05) is 18.4 Å². The zero-order valence-corrected chi connectivity index (χ0v) is 15.3. The number of carbonyl (C=O) groups is 1. The number of amides is 1. The molecule has 1 N–H and O–H groups in total. The third kappa shape index (κ3) is 3.35. The van der Waals surface area contributed by atoms with Gasteiger partial charge in [0.15, 0.2) is 0 Å². The molecule has 0 aromatic heterocycles. The maximum absolute atomic E-state index is 12.7. The number of hydrogen-bond donors (Lipinski definition) is 1. The molecule has 1 saturated heterocycles. The van der Waals surface area contributed by atoms with Crippen LogP contribution in [0.5, 0.6) is 0 Å². The van der Waals surface area contributed by atoms with Gasteiger partial charge >= 0.3 is 0 Å². The minimum Gasteiger partial charge on any atom is -0.376 e. The Bertz CT molecular complexity index is 628. The second-order valence-electron chi connectivity index (χ2n) is 8.50. The Kier molecular flexibility index (Phi) is 4.12. The van der Waals surface area contributed by atoms with Gasteiger partial charge in [0.05, 0.1) is 6.54 Å². The Labute approximate surface area is 144 Å². The van der Waals surface area contributed by atoms with Gasteiger partial charge in [-0.1, -0.05) is 38.4 Å². The summed E-state index contributed by atoms with van der Waals surface area (Å²) in [7, 11) is 0. The van der Waals surface area contributed by atoms with Crippen molar-refractivity contribution in [2.45, 2.75) is 53.0 Å². The predicted molar refractivity (Wildman–Crippen MR) is 95.9 cm³/mol. The molecule has 1 aromatic carbocycles. The van der Waals surface area contributed by atoms with E-state index in [4.69, 9.17) is 11.6 Å². The number of fused-ring (bicyclic) bond motifs is 2. The van der Waals surface area contributed by atoms with Crippen LogP contribution in [0.25, 0.3) is 0 Å². The molecule has 2 atom stereocenters. The highest BCUT2D eigenvalue weighted by atomic mass is 35.5. The summed E-state index contributed by atoms with van der Waals surface area (Å²) in [5, 5.41) is 4.00. The molecular weight excluding hydrogens is 308 g/mol. The van der Waals surface area contributed by atoms with Crippen LogP contribution in [0.3, 0.4) is 0 Å². The van der Waals surface area contributed by atoms with Gasteiger partial charge in [-0.2, -0.15) is 0 Å². The Balaban J connectivity index is 1.67. The smallest absolute Gasteiger partial charge is 0.242 e. The van der Waals surface area contributed by atoms with E-state index in [0.29, 0.717) is 18.0 Å². The van der Waals surface area contributed by atoms with E-state index in [9.17, 15) is 4.79 Å². The molecule has 3 nitrogen and oxygen atoms in total. The molecule has 1 saturated carbocycles. The van der Waals surface area contributed by atoms with E-state index in [-0.39, 0.29) is 11.3 Å². The number of rotatable bonds is 3. The van der Waals surface area contributed by atoms with Crippen LogP contribution in [0.15, 0.2) is 18.2 Å². The minimum atomic E-state index is 0.204. The van der Waals surface area contributed by atoms with Crippen LogP contribution in [0.2, 0.25) is 5.02 Å². The van der Waals surface area contributed by atoms with Gasteiger partial charge in [-0.25, -0.2) is 0 Å². The normalized spacial score (nSPS) is 28.7. The highest BCUT2D eigenvalue weighted by Gasteiger charge is 2.50. The van der Waals surface area contributed by atoms with Crippen molar-refractivity contribution in [3.05, 3.63) is 28.8 Å². The summed E-state index contributed by atoms with van der Waals surface area (Å²) in [5.74, 6) is 0.204. The van der Waals surface area contributed by atoms with E-state index in [1.807, 2.05) is 25.1 Å². The molecule has 2 fully saturated rings. The average molecular weight is 335 g/mol. The Morgan fingerprint density at radius 1 is 1.35 bits per heavy atom. The third-order valence-electron chi connectivity index (χ3n) is 5.43. The number of benzene rings is 1. The standard InChI is InChI=1S/C19H27ClN2O/c1-13-15(20)6-5-7-16(13)21-10-17(23)22-12-19(4)9-14(22)8-18(2,3)11-19/h5-7,14,21H,8-12H2,1-4H3/t14-,19-/m1/s1. The van der Waals surface area contributed by atoms with Crippen LogP contribution < -0.4 is 5.32 Å². The van der Waals surface area contributed by atoms with E-state index in [1.54, 1.807) is 0 Å². The summed E-state index contributed by atoms with van der Waals surface area (Å²) in [5.41, 5.74) is 2.56. The van der Waals surface area contributed by atoms with Crippen LogP contribution in [0.4, 0.5) is 5.69 Å². The molecule has 3 rings (SSSR count). The fourth-order valence-corrected chi connectivity index (χ4v) is 5.00. The van der Waals surface area contributed by atoms with E-state index in [2.05, 4.69) is 31.0 Å². The summed E-state index contributed by atoms with van der Waals surface area (Å²) in [6.07, 6.45) is 3.48. The van der Waals surface area contributed by atoms with E-state index in [1.165, 1.54) is 6.42 Å². The number of nitrogens with zero attached hydrogens (tertiary/aromatic N) is 1. The summed E-state index contributed by atoms with van der Waals surface area (Å²) < 4.78 is 0. The zero-order chi connectivity index (χ0) is 16.8. The molecule has 4 heteroatoms. The van der Waals surface area contributed by atoms with Gasteiger partial charge in [0.25, 0.3) is 0 Å². The quantitative estimate of drug-likeness (QED) is 0.883. The first-order chi connectivity index (χ1) is 10.7. The van der Waals surface area contributed by atoms with Crippen molar-refractivity contribution in [3.8, 4) is 0 Å². The van der Waals surface area contributed by atoms with Gasteiger partial charge < -0.3 is 10.2 Å². The topological polar surface area (TPSA) is 32.3 Å². The highest BCUT2D eigenvalue weighted by Crippen LogP contribution is 2.52. The lowest BCUT2D eigenvalue weighted by Crippen LogP contribution is -2.40. The van der Waals surface area contributed by atoms with Gasteiger partial charge in [-0.3, -0.25) is 4.79 Å². The van der Waals surface area contributed by atoms with Crippen molar-refractivity contribution in [2.24, 2.45) is 10.8 Å². The number of likely N-dealkylation sites (tertiary alicyclic amines) is 1. The lowest BCUT2D eigenvalue weighted by Gasteiger charge is -2.39. The van der Waals surface area contributed by atoms with Crippen LogP contribution in [-0.2, 0) is 4.79 Å². The average Bonchev–Trinajstić information content (AvgIpc) is 2.69. The van der Waals surface area contributed by atoms with Gasteiger partial charge in [-0.05, 0) is 54.7 Å². The molecule has 1 heterocycles. The SMILES string of the molecule is Cc1c(Cl)cccc1NCC(=O)N1C[C@]2(C)C[C@H]1CC(C)(C)C2. The molecule has 2 aliphatic rings. The lowest BCUT2D eigenvalue weighted by atomic mass is 9.65. The highest BCUT2D eigenvalue weighted by molar-refractivity contribution is 6.31. The Hall–Kier alpha value is -1.22. The first-order valence-electron chi connectivity index (χ1n) is 8.48. The molecule has 0 spiro atoms. The molecular formula is C19H27ClN2O. The molecule has 1 aliphatic heterocycles. The molecule has 1 aliphatic carbocycles. The number of halogens is 1. The summed E-state index contributed by atoms with van der Waals surface area (Å²) in [4.78, 5) is 14.9. The largest absolute Gasteiger partial charge is 0.376 e.